The van der Waals surface area contributed by atoms with Crippen LogP contribution in [-0.2, 0) is 6.54 Å². The Balaban J connectivity index is 2.09. The largest absolute Gasteiger partial charge is 0.497 e. The van der Waals surface area contributed by atoms with Crippen LogP contribution < -0.4 is 15.8 Å². The molecule has 2 rings (SSSR count). The Bertz CT molecular complexity index is 673. The predicted octanol–water partition coefficient (Wildman–Crippen LogP) is 1.52. The number of aromatic nitrogens is 3. The Hall–Kier alpha value is -2.70. The molecule has 0 aliphatic heterocycles. The van der Waals surface area contributed by atoms with Gasteiger partial charge in [-0.25, -0.2) is 9.97 Å². The summed E-state index contributed by atoms with van der Waals surface area (Å²) >= 11 is 0. The van der Waals surface area contributed by atoms with E-state index in [2.05, 4.69) is 20.3 Å². The lowest BCUT2D eigenvalue weighted by atomic mass is 10.1. The average Bonchev–Trinajstić information content (AvgIpc) is 2.52. The van der Waals surface area contributed by atoms with E-state index in [4.69, 9.17) is 10.5 Å². The molecular formula is C15H19N5O2. The van der Waals surface area contributed by atoms with E-state index in [0.717, 1.165) is 5.69 Å². The monoisotopic (exact) mass is 301 g/mol. The summed E-state index contributed by atoms with van der Waals surface area (Å²) in [6.45, 7) is 4.23. The molecule has 0 saturated heterocycles. The van der Waals surface area contributed by atoms with Gasteiger partial charge in [-0.2, -0.15) is 0 Å². The van der Waals surface area contributed by atoms with Gasteiger partial charge in [-0.15, -0.1) is 0 Å². The van der Waals surface area contributed by atoms with E-state index in [1.54, 1.807) is 31.5 Å². The van der Waals surface area contributed by atoms with Crippen molar-refractivity contribution in [2.24, 2.45) is 0 Å². The number of pyridine rings is 1. The Morgan fingerprint density at radius 3 is 2.82 bits per heavy atom. The molecule has 7 nitrogen and oxygen atoms in total. The number of nitrogens with two attached hydrogens (primary N) is 1. The van der Waals surface area contributed by atoms with E-state index >= 15 is 0 Å². The van der Waals surface area contributed by atoms with Gasteiger partial charge in [-0.05, 0) is 18.1 Å². The maximum atomic E-state index is 12.2. The number of anilines is 1. The number of nitrogen functional groups attached to an aromatic ring is 1. The highest BCUT2D eigenvalue weighted by molar-refractivity contribution is 5.92. The fourth-order valence-corrected chi connectivity index (χ4v) is 1.84. The summed E-state index contributed by atoms with van der Waals surface area (Å²) in [4.78, 5) is 24.4. The normalized spacial score (nSPS) is 10.5. The van der Waals surface area contributed by atoms with Gasteiger partial charge in [-0.1, -0.05) is 13.8 Å². The third-order valence-electron chi connectivity index (χ3n) is 3.04. The van der Waals surface area contributed by atoms with Crippen LogP contribution in [0.1, 0.15) is 41.6 Å². The number of hydrogen-bond donors (Lipinski definition) is 2. The van der Waals surface area contributed by atoms with Crippen LogP contribution in [-0.4, -0.2) is 28.0 Å². The third-order valence-corrected chi connectivity index (χ3v) is 3.04. The van der Waals surface area contributed by atoms with E-state index in [1.807, 2.05) is 13.8 Å². The summed E-state index contributed by atoms with van der Waals surface area (Å²) < 4.78 is 5.11. The standard InChI is InChI=1S/C15H19N5O2/c1-9(2)12-7-13(20-15(16)19-12)14(21)18-8-10-6-11(22-3)4-5-17-10/h4-7,9H,8H2,1-3H3,(H,18,21)(H2,16,19,20). The minimum Gasteiger partial charge on any atom is -0.497 e. The van der Waals surface area contributed by atoms with Gasteiger partial charge in [0.2, 0.25) is 5.95 Å². The van der Waals surface area contributed by atoms with Crippen LogP contribution in [0.2, 0.25) is 0 Å². The lowest BCUT2D eigenvalue weighted by Gasteiger charge is -2.09. The Kier molecular flexibility index (Phi) is 4.88. The van der Waals surface area contributed by atoms with Gasteiger partial charge in [0.25, 0.3) is 5.91 Å². The van der Waals surface area contributed by atoms with Crippen LogP contribution in [0.25, 0.3) is 0 Å². The molecule has 0 spiro atoms. The molecule has 0 unspecified atom stereocenters. The zero-order valence-electron chi connectivity index (χ0n) is 12.8. The number of carbonyl (C=O) groups is 1. The lowest BCUT2D eigenvalue weighted by molar-refractivity contribution is 0.0945. The first-order valence-corrected chi connectivity index (χ1v) is 6.91. The molecule has 0 atom stereocenters. The number of carbonyl (C=O) groups excluding carboxylic acids is 1. The topological polar surface area (TPSA) is 103 Å². The molecule has 0 aliphatic rings. The Morgan fingerprint density at radius 2 is 2.14 bits per heavy atom. The van der Waals surface area contributed by atoms with Crippen LogP contribution >= 0.6 is 0 Å². The van der Waals surface area contributed by atoms with Crippen molar-refractivity contribution < 1.29 is 9.53 Å². The molecule has 2 heterocycles. The molecule has 1 amide bonds. The molecule has 2 aromatic heterocycles. The van der Waals surface area contributed by atoms with Crippen LogP contribution in [0.5, 0.6) is 5.75 Å². The molecule has 0 saturated carbocycles. The van der Waals surface area contributed by atoms with E-state index in [-0.39, 0.29) is 30.0 Å². The zero-order valence-corrected chi connectivity index (χ0v) is 12.8. The number of hydrogen-bond acceptors (Lipinski definition) is 6. The fraction of sp³-hybridized carbons (Fsp3) is 0.333. The first kappa shape index (κ1) is 15.7. The average molecular weight is 301 g/mol. The minimum absolute atomic E-state index is 0.0934. The predicted molar refractivity (Wildman–Crippen MR) is 82.5 cm³/mol. The Morgan fingerprint density at radius 1 is 1.36 bits per heavy atom. The molecule has 7 heteroatoms. The van der Waals surface area contributed by atoms with Crippen molar-refractivity contribution in [1.82, 2.24) is 20.3 Å². The van der Waals surface area contributed by atoms with E-state index < -0.39 is 0 Å². The third kappa shape index (κ3) is 3.91. The van der Waals surface area contributed by atoms with E-state index in [9.17, 15) is 4.79 Å². The molecule has 3 N–H and O–H groups in total. The number of amides is 1. The SMILES string of the molecule is COc1ccnc(CNC(=O)c2cc(C(C)C)nc(N)n2)c1. The molecule has 0 fully saturated rings. The van der Waals surface area contributed by atoms with Crippen molar-refractivity contribution in [2.75, 3.05) is 12.8 Å². The van der Waals surface area contributed by atoms with Gasteiger partial charge in [-0.3, -0.25) is 9.78 Å². The highest BCUT2D eigenvalue weighted by Crippen LogP contribution is 2.14. The molecule has 0 radical (unpaired) electrons. The van der Waals surface area contributed by atoms with Crippen molar-refractivity contribution in [3.05, 3.63) is 41.5 Å². The van der Waals surface area contributed by atoms with Crippen LogP contribution in [0.4, 0.5) is 5.95 Å². The van der Waals surface area contributed by atoms with Gasteiger partial charge >= 0.3 is 0 Å². The summed E-state index contributed by atoms with van der Waals surface area (Å²) in [7, 11) is 1.58. The number of rotatable bonds is 5. The summed E-state index contributed by atoms with van der Waals surface area (Å²) in [6, 6.07) is 5.15. The van der Waals surface area contributed by atoms with Gasteiger partial charge in [0.15, 0.2) is 0 Å². The quantitative estimate of drug-likeness (QED) is 0.867. The van der Waals surface area contributed by atoms with E-state index in [1.165, 1.54) is 0 Å². The molecule has 0 bridgehead atoms. The molecule has 22 heavy (non-hydrogen) atoms. The molecule has 0 aromatic carbocycles. The van der Waals surface area contributed by atoms with Crippen molar-refractivity contribution in [3.63, 3.8) is 0 Å². The van der Waals surface area contributed by atoms with Crippen molar-refractivity contribution in [1.29, 1.82) is 0 Å². The second kappa shape index (κ2) is 6.84. The molecule has 0 aliphatic carbocycles. The van der Waals surface area contributed by atoms with E-state index in [0.29, 0.717) is 11.4 Å². The number of nitrogens with zero attached hydrogens (tertiary/aromatic N) is 3. The lowest BCUT2D eigenvalue weighted by Crippen LogP contribution is -2.25. The summed E-state index contributed by atoms with van der Waals surface area (Å²) in [6.07, 6.45) is 1.62. The summed E-state index contributed by atoms with van der Waals surface area (Å²) in [5.74, 6) is 0.626. The smallest absolute Gasteiger partial charge is 0.270 e. The van der Waals surface area contributed by atoms with Gasteiger partial charge < -0.3 is 15.8 Å². The maximum Gasteiger partial charge on any atom is 0.270 e. The number of nitrogens with one attached hydrogen (secondary N) is 1. The fourth-order valence-electron chi connectivity index (χ4n) is 1.84. The summed E-state index contributed by atoms with van der Waals surface area (Å²) in [5, 5.41) is 2.76. The van der Waals surface area contributed by atoms with Crippen LogP contribution in [0.15, 0.2) is 24.4 Å². The minimum atomic E-state index is -0.319. The molecule has 2 aromatic rings. The molecule has 116 valence electrons. The second-order valence-corrected chi connectivity index (χ2v) is 5.06. The number of methoxy groups -OCH3 is 1. The van der Waals surface area contributed by atoms with Crippen LogP contribution in [0, 0.1) is 0 Å². The molecular weight excluding hydrogens is 282 g/mol. The van der Waals surface area contributed by atoms with Crippen molar-refractivity contribution in [2.45, 2.75) is 26.3 Å². The van der Waals surface area contributed by atoms with Gasteiger partial charge in [0.05, 0.1) is 19.3 Å². The van der Waals surface area contributed by atoms with Crippen molar-refractivity contribution in [3.8, 4) is 5.75 Å². The zero-order chi connectivity index (χ0) is 16.1. The first-order chi connectivity index (χ1) is 10.5. The van der Waals surface area contributed by atoms with Gasteiger partial charge in [0.1, 0.15) is 11.4 Å². The van der Waals surface area contributed by atoms with Crippen molar-refractivity contribution >= 4 is 11.9 Å². The summed E-state index contributed by atoms with van der Waals surface area (Å²) in [5.41, 5.74) is 7.33. The maximum absolute atomic E-state index is 12.2. The highest BCUT2D eigenvalue weighted by Gasteiger charge is 2.12. The first-order valence-electron chi connectivity index (χ1n) is 6.91. The van der Waals surface area contributed by atoms with Gasteiger partial charge in [0, 0.05) is 18.0 Å². The second-order valence-electron chi connectivity index (χ2n) is 5.06. The highest BCUT2D eigenvalue weighted by atomic mass is 16.5. The number of ether oxygens (including phenoxy) is 1. The van der Waals surface area contributed by atoms with Crippen LogP contribution in [0.3, 0.4) is 0 Å². The Labute approximate surface area is 129 Å².